The second kappa shape index (κ2) is 5.48. The molecule has 0 saturated carbocycles. The molecule has 100 valence electrons. The topological polar surface area (TPSA) is 41.9 Å². The van der Waals surface area contributed by atoms with E-state index >= 15 is 0 Å². The molecule has 1 saturated heterocycles. The SMILES string of the molecule is COc1cc(O)c(C2CCN(C)CC2)c(OC)c1. The van der Waals surface area contributed by atoms with Crippen LogP contribution in [0.2, 0.25) is 0 Å². The van der Waals surface area contributed by atoms with Crippen LogP contribution in [0.1, 0.15) is 24.3 Å². The molecule has 1 heterocycles. The molecule has 0 radical (unpaired) electrons. The van der Waals surface area contributed by atoms with Crippen molar-refractivity contribution >= 4 is 0 Å². The van der Waals surface area contributed by atoms with E-state index in [1.807, 2.05) is 6.07 Å². The third-order valence-corrected chi connectivity index (χ3v) is 3.68. The number of methoxy groups -OCH3 is 2. The Kier molecular flexibility index (Phi) is 3.97. The summed E-state index contributed by atoms with van der Waals surface area (Å²) in [5, 5.41) is 10.2. The first-order valence-corrected chi connectivity index (χ1v) is 6.29. The van der Waals surface area contributed by atoms with Crippen molar-refractivity contribution in [2.24, 2.45) is 0 Å². The first-order chi connectivity index (χ1) is 8.65. The fourth-order valence-electron chi connectivity index (χ4n) is 2.58. The molecule has 0 aliphatic carbocycles. The number of aromatic hydroxyl groups is 1. The van der Waals surface area contributed by atoms with E-state index in [0.29, 0.717) is 11.7 Å². The van der Waals surface area contributed by atoms with Crippen LogP contribution in [0.3, 0.4) is 0 Å². The van der Waals surface area contributed by atoms with Gasteiger partial charge < -0.3 is 19.5 Å². The van der Waals surface area contributed by atoms with Gasteiger partial charge in [0.25, 0.3) is 0 Å². The number of ether oxygens (including phenoxy) is 2. The average molecular weight is 251 g/mol. The summed E-state index contributed by atoms with van der Waals surface area (Å²) >= 11 is 0. The van der Waals surface area contributed by atoms with Crippen molar-refractivity contribution in [3.05, 3.63) is 17.7 Å². The van der Waals surface area contributed by atoms with E-state index in [2.05, 4.69) is 11.9 Å². The molecule has 0 amide bonds. The minimum atomic E-state index is 0.278. The number of rotatable bonds is 3. The molecule has 1 N–H and O–H groups in total. The van der Waals surface area contributed by atoms with Crippen LogP contribution in [0.15, 0.2) is 12.1 Å². The van der Waals surface area contributed by atoms with Crippen molar-refractivity contribution in [3.63, 3.8) is 0 Å². The van der Waals surface area contributed by atoms with E-state index in [-0.39, 0.29) is 5.75 Å². The summed E-state index contributed by atoms with van der Waals surface area (Å²) in [5.74, 6) is 1.99. The van der Waals surface area contributed by atoms with Crippen molar-refractivity contribution in [2.45, 2.75) is 18.8 Å². The van der Waals surface area contributed by atoms with Gasteiger partial charge in [-0.2, -0.15) is 0 Å². The van der Waals surface area contributed by atoms with Gasteiger partial charge in [0, 0.05) is 17.7 Å². The van der Waals surface area contributed by atoms with Crippen molar-refractivity contribution < 1.29 is 14.6 Å². The zero-order valence-corrected chi connectivity index (χ0v) is 11.3. The first-order valence-electron chi connectivity index (χ1n) is 6.29. The minimum Gasteiger partial charge on any atom is -0.507 e. The molecule has 2 rings (SSSR count). The van der Waals surface area contributed by atoms with Gasteiger partial charge in [0.2, 0.25) is 0 Å². The fraction of sp³-hybridized carbons (Fsp3) is 0.571. The summed E-state index contributed by atoms with van der Waals surface area (Å²) in [6.07, 6.45) is 2.10. The summed E-state index contributed by atoms with van der Waals surface area (Å²) in [7, 11) is 5.34. The van der Waals surface area contributed by atoms with E-state index in [1.165, 1.54) is 0 Å². The molecule has 0 spiro atoms. The number of benzene rings is 1. The number of phenols is 1. The molecule has 1 aliphatic heterocycles. The highest BCUT2D eigenvalue weighted by molar-refractivity contribution is 5.52. The Bertz CT molecular complexity index is 412. The molecular formula is C14H21NO3. The third kappa shape index (κ3) is 2.53. The lowest BCUT2D eigenvalue weighted by Crippen LogP contribution is -2.29. The maximum Gasteiger partial charge on any atom is 0.129 e. The fourth-order valence-corrected chi connectivity index (χ4v) is 2.58. The maximum absolute atomic E-state index is 10.2. The number of phenolic OH excluding ortho intramolecular Hbond substituents is 1. The first kappa shape index (κ1) is 13.0. The molecule has 1 aromatic carbocycles. The zero-order chi connectivity index (χ0) is 13.1. The Morgan fingerprint density at radius 2 is 1.83 bits per heavy atom. The molecule has 0 aromatic heterocycles. The highest BCUT2D eigenvalue weighted by Gasteiger charge is 2.25. The van der Waals surface area contributed by atoms with Crippen molar-refractivity contribution in [2.75, 3.05) is 34.4 Å². The van der Waals surface area contributed by atoms with E-state index in [1.54, 1.807) is 20.3 Å². The van der Waals surface area contributed by atoms with E-state index in [9.17, 15) is 5.11 Å². The van der Waals surface area contributed by atoms with Crippen LogP contribution in [0.5, 0.6) is 17.2 Å². The molecule has 1 aromatic rings. The van der Waals surface area contributed by atoms with Gasteiger partial charge in [0.15, 0.2) is 0 Å². The maximum atomic E-state index is 10.2. The number of hydrogen-bond donors (Lipinski definition) is 1. The Morgan fingerprint density at radius 1 is 1.17 bits per heavy atom. The minimum absolute atomic E-state index is 0.278. The number of hydrogen-bond acceptors (Lipinski definition) is 4. The van der Waals surface area contributed by atoms with Gasteiger partial charge in [-0.15, -0.1) is 0 Å². The average Bonchev–Trinajstić information content (AvgIpc) is 2.39. The van der Waals surface area contributed by atoms with Crippen LogP contribution < -0.4 is 9.47 Å². The Balaban J connectivity index is 2.31. The van der Waals surface area contributed by atoms with Gasteiger partial charge in [-0.25, -0.2) is 0 Å². The molecule has 0 unspecified atom stereocenters. The van der Waals surface area contributed by atoms with Gasteiger partial charge in [-0.05, 0) is 38.9 Å². The standard InChI is InChI=1S/C14H21NO3/c1-15-6-4-10(5-7-15)14-12(16)8-11(17-2)9-13(14)18-3/h8-10,16H,4-7H2,1-3H3. The lowest BCUT2D eigenvalue weighted by molar-refractivity contribution is 0.249. The van der Waals surface area contributed by atoms with Gasteiger partial charge in [0.05, 0.1) is 14.2 Å². The Morgan fingerprint density at radius 3 is 2.39 bits per heavy atom. The van der Waals surface area contributed by atoms with Crippen LogP contribution in [0.4, 0.5) is 0 Å². The van der Waals surface area contributed by atoms with E-state index in [0.717, 1.165) is 37.2 Å². The molecule has 18 heavy (non-hydrogen) atoms. The number of nitrogens with zero attached hydrogens (tertiary/aromatic N) is 1. The lowest BCUT2D eigenvalue weighted by Gasteiger charge is -2.30. The van der Waals surface area contributed by atoms with Gasteiger partial charge in [-0.1, -0.05) is 0 Å². The Labute approximate surface area is 108 Å². The predicted molar refractivity (Wildman–Crippen MR) is 70.7 cm³/mol. The number of likely N-dealkylation sites (tertiary alicyclic amines) is 1. The third-order valence-electron chi connectivity index (χ3n) is 3.68. The second-order valence-electron chi connectivity index (χ2n) is 4.84. The van der Waals surface area contributed by atoms with E-state index < -0.39 is 0 Å². The highest BCUT2D eigenvalue weighted by Crippen LogP contribution is 2.42. The van der Waals surface area contributed by atoms with Crippen LogP contribution in [0, 0.1) is 0 Å². The van der Waals surface area contributed by atoms with Gasteiger partial charge >= 0.3 is 0 Å². The monoisotopic (exact) mass is 251 g/mol. The van der Waals surface area contributed by atoms with Crippen molar-refractivity contribution in [1.29, 1.82) is 0 Å². The second-order valence-corrected chi connectivity index (χ2v) is 4.84. The molecule has 1 fully saturated rings. The predicted octanol–water partition coefficient (Wildman–Crippen LogP) is 2.22. The van der Waals surface area contributed by atoms with Crippen LogP contribution >= 0.6 is 0 Å². The zero-order valence-electron chi connectivity index (χ0n) is 11.3. The summed E-state index contributed by atoms with van der Waals surface area (Å²) in [5.41, 5.74) is 0.923. The van der Waals surface area contributed by atoms with Crippen LogP contribution in [0.25, 0.3) is 0 Å². The smallest absolute Gasteiger partial charge is 0.129 e. The van der Waals surface area contributed by atoms with Crippen molar-refractivity contribution in [1.82, 2.24) is 4.90 Å². The van der Waals surface area contributed by atoms with Crippen molar-refractivity contribution in [3.8, 4) is 17.2 Å². The van der Waals surface area contributed by atoms with Crippen LogP contribution in [-0.4, -0.2) is 44.4 Å². The van der Waals surface area contributed by atoms with Gasteiger partial charge in [0.1, 0.15) is 17.2 Å². The molecular weight excluding hydrogens is 230 g/mol. The quantitative estimate of drug-likeness (QED) is 0.894. The Hall–Kier alpha value is -1.42. The van der Waals surface area contributed by atoms with E-state index in [4.69, 9.17) is 9.47 Å². The normalized spacial score (nSPS) is 17.7. The van der Waals surface area contributed by atoms with Gasteiger partial charge in [-0.3, -0.25) is 0 Å². The largest absolute Gasteiger partial charge is 0.507 e. The summed E-state index contributed by atoms with van der Waals surface area (Å²) < 4.78 is 10.5. The summed E-state index contributed by atoms with van der Waals surface area (Å²) in [6.45, 7) is 2.11. The molecule has 0 atom stereocenters. The lowest BCUT2D eigenvalue weighted by atomic mass is 9.88. The highest BCUT2D eigenvalue weighted by atomic mass is 16.5. The summed E-state index contributed by atoms with van der Waals surface area (Å²) in [4.78, 5) is 2.31. The summed E-state index contributed by atoms with van der Waals surface area (Å²) in [6, 6.07) is 3.50. The molecule has 0 bridgehead atoms. The van der Waals surface area contributed by atoms with Crippen LogP contribution in [-0.2, 0) is 0 Å². The molecule has 1 aliphatic rings. The molecule has 4 heteroatoms. The molecule has 4 nitrogen and oxygen atoms in total. The number of piperidine rings is 1.